The first kappa shape index (κ1) is 13.9. The number of hydrogen-bond donors (Lipinski definition) is 2. The predicted molar refractivity (Wildman–Crippen MR) is 70.4 cm³/mol. The number of carbonyl (C=O) groups is 1. The van der Waals surface area contributed by atoms with Crippen LogP contribution in [0.3, 0.4) is 0 Å². The largest absolute Gasteiger partial charge is 0.345 e. The quantitative estimate of drug-likeness (QED) is 0.820. The Bertz CT molecular complexity index is 566. The van der Waals surface area contributed by atoms with Crippen molar-refractivity contribution in [1.82, 2.24) is 20.2 Å². The number of nitrogens with one attached hydrogen (secondary N) is 2. The standard InChI is InChI=1S/C11H18N4O3S/c1-8-5-12-10(14-8)6-13-11(16)15(2)9-3-4-19(17,18)7-9/h5,9H,3-4,6-7H2,1-2H3,(H,12,14)(H,13,16)/t9-/m1/s1. The third-order valence-corrected chi connectivity index (χ3v) is 4.99. The maximum absolute atomic E-state index is 11.9. The first-order valence-corrected chi connectivity index (χ1v) is 7.91. The summed E-state index contributed by atoms with van der Waals surface area (Å²) in [6.45, 7) is 2.18. The van der Waals surface area contributed by atoms with E-state index in [1.165, 1.54) is 4.90 Å². The second-order valence-corrected chi connectivity index (χ2v) is 7.07. The Labute approximate surface area is 112 Å². The average molecular weight is 286 g/mol. The molecule has 2 rings (SSSR count). The first-order chi connectivity index (χ1) is 8.87. The number of rotatable bonds is 3. The average Bonchev–Trinajstić information content (AvgIpc) is 2.91. The van der Waals surface area contributed by atoms with Crippen LogP contribution >= 0.6 is 0 Å². The predicted octanol–water partition coefficient (Wildman–Crippen LogP) is 0.0466. The molecule has 1 fully saturated rings. The molecule has 1 aliphatic heterocycles. The second kappa shape index (κ2) is 5.20. The molecular formula is C11H18N4O3S. The Morgan fingerprint density at radius 1 is 1.63 bits per heavy atom. The molecule has 2 heterocycles. The zero-order valence-electron chi connectivity index (χ0n) is 11.0. The van der Waals surface area contributed by atoms with Gasteiger partial charge in [0.05, 0.1) is 18.1 Å². The summed E-state index contributed by atoms with van der Waals surface area (Å²) in [5.74, 6) is 0.891. The molecule has 0 aromatic carbocycles. The highest BCUT2D eigenvalue weighted by atomic mass is 32.2. The number of nitrogens with zero attached hydrogens (tertiary/aromatic N) is 2. The molecule has 8 heteroatoms. The molecule has 1 atom stereocenters. The van der Waals surface area contributed by atoms with Crippen LogP contribution in [0.15, 0.2) is 6.20 Å². The maximum Gasteiger partial charge on any atom is 0.317 e. The van der Waals surface area contributed by atoms with Crippen molar-refractivity contribution in [1.29, 1.82) is 0 Å². The fraction of sp³-hybridized carbons (Fsp3) is 0.636. The molecule has 0 spiro atoms. The molecular weight excluding hydrogens is 268 g/mol. The molecule has 7 nitrogen and oxygen atoms in total. The Kier molecular flexibility index (Phi) is 3.79. The van der Waals surface area contributed by atoms with E-state index in [1.54, 1.807) is 13.2 Å². The number of aryl methyl sites for hydroxylation is 1. The van der Waals surface area contributed by atoms with Crippen molar-refractivity contribution in [2.75, 3.05) is 18.6 Å². The minimum atomic E-state index is -2.98. The minimum Gasteiger partial charge on any atom is -0.345 e. The molecule has 0 radical (unpaired) electrons. The number of aromatic nitrogens is 2. The number of H-pyrrole nitrogens is 1. The van der Waals surface area contributed by atoms with E-state index in [9.17, 15) is 13.2 Å². The number of amides is 2. The van der Waals surface area contributed by atoms with Crippen molar-refractivity contribution >= 4 is 15.9 Å². The van der Waals surface area contributed by atoms with Crippen molar-refractivity contribution < 1.29 is 13.2 Å². The lowest BCUT2D eigenvalue weighted by Crippen LogP contribution is -2.44. The summed E-state index contributed by atoms with van der Waals surface area (Å²) >= 11 is 0. The lowest BCUT2D eigenvalue weighted by atomic mass is 10.2. The van der Waals surface area contributed by atoms with Gasteiger partial charge in [-0.2, -0.15) is 0 Å². The third-order valence-electron chi connectivity index (χ3n) is 3.24. The Balaban J connectivity index is 1.86. The van der Waals surface area contributed by atoms with Gasteiger partial charge in [0, 0.05) is 25.0 Å². The van der Waals surface area contributed by atoms with Crippen molar-refractivity contribution in [3.8, 4) is 0 Å². The highest BCUT2D eigenvalue weighted by molar-refractivity contribution is 7.91. The lowest BCUT2D eigenvalue weighted by molar-refractivity contribution is 0.194. The van der Waals surface area contributed by atoms with Crippen LogP contribution in [0.2, 0.25) is 0 Å². The number of hydrogen-bond acceptors (Lipinski definition) is 4. The third kappa shape index (κ3) is 3.46. The van der Waals surface area contributed by atoms with Gasteiger partial charge in [-0.1, -0.05) is 0 Å². The van der Waals surface area contributed by atoms with Crippen LogP contribution in [0, 0.1) is 6.92 Å². The van der Waals surface area contributed by atoms with Crippen LogP contribution in [-0.4, -0.2) is 53.9 Å². The van der Waals surface area contributed by atoms with Crippen molar-refractivity contribution in [3.63, 3.8) is 0 Å². The van der Waals surface area contributed by atoms with Crippen LogP contribution in [0.5, 0.6) is 0 Å². The zero-order chi connectivity index (χ0) is 14.0. The molecule has 0 bridgehead atoms. The summed E-state index contributed by atoms with van der Waals surface area (Å²) in [5.41, 5.74) is 0.930. The molecule has 2 amide bonds. The van der Waals surface area contributed by atoms with Gasteiger partial charge in [-0.15, -0.1) is 0 Å². The normalized spacial score (nSPS) is 21.3. The van der Waals surface area contributed by atoms with E-state index in [0.29, 0.717) is 18.8 Å². The summed E-state index contributed by atoms with van der Waals surface area (Å²) in [4.78, 5) is 20.5. The summed E-state index contributed by atoms with van der Waals surface area (Å²) in [7, 11) is -1.36. The topological polar surface area (TPSA) is 95.2 Å². The first-order valence-electron chi connectivity index (χ1n) is 6.09. The summed E-state index contributed by atoms with van der Waals surface area (Å²) in [6.07, 6.45) is 2.20. The minimum absolute atomic E-state index is 0.0524. The molecule has 1 saturated heterocycles. The molecule has 106 valence electrons. The monoisotopic (exact) mass is 286 g/mol. The Morgan fingerprint density at radius 2 is 2.37 bits per heavy atom. The number of sulfone groups is 1. The highest BCUT2D eigenvalue weighted by Gasteiger charge is 2.32. The number of urea groups is 1. The van der Waals surface area contributed by atoms with Crippen LogP contribution in [0.4, 0.5) is 4.79 Å². The fourth-order valence-electron chi connectivity index (χ4n) is 2.09. The van der Waals surface area contributed by atoms with Crippen LogP contribution in [-0.2, 0) is 16.4 Å². The van der Waals surface area contributed by atoms with Gasteiger partial charge in [0.1, 0.15) is 5.82 Å². The molecule has 1 aliphatic rings. The van der Waals surface area contributed by atoms with Gasteiger partial charge in [0.2, 0.25) is 0 Å². The molecule has 0 unspecified atom stereocenters. The fourth-order valence-corrected chi connectivity index (χ4v) is 3.86. The van der Waals surface area contributed by atoms with Gasteiger partial charge in [-0.3, -0.25) is 0 Å². The van der Waals surface area contributed by atoms with Gasteiger partial charge >= 0.3 is 6.03 Å². The van der Waals surface area contributed by atoms with E-state index in [0.717, 1.165) is 5.69 Å². The SMILES string of the molecule is Cc1cnc(CNC(=O)N(C)[C@@H]2CCS(=O)(=O)C2)[nH]1. The maximum atomic E-state index is 11.9. The summed E-state index contributed by atoms with van der Waals surface area (Å²) < 4.78 is 22.8. The summed E-state index contributed by atoms with van der Waals surface area (Å²) in [5, 5.41) is 2.71. The van der Waals surface area contributed by atoms with E-state index in [1.807, 2.05) is 6.92 Å². The number of aromatic amines is 1. The highest BCUT2D eigenvalue weighted by Crippen LogP contribution is 2.16. The number of imidazole rings is 1. The number of carbonyl (C=O) groups excluding carboxylic acids is 1. The van der Waals surface area contributed by atoms with Crippen LogP contribution in [0.1, 0.15) is 17.9 Å². The second-order valence-electron chi connectivity index (χ2n) is 4.84. The van der Waals surface area contributed by atoms with Crippen LogP contribution in [0.25, 0.3) is 0 Å². The molecule has 2 N–H and O–H groups in total. The lowest BCUT2D eigenvalue weighted by Gasteiger charge is -2.23. The van der Waals surface area contributed by atoms with Crippen molar-refractivity contribution in [2.45, 2.75) is 25.9 Å². The van der Waals surface area contributed by atoms with E-state index in [2.05, 4.69) is 15.3 Å². The van der Waals surface area contributed by atoms with E-state index < -0.39 is 9.84 Å². The Morgan fingerprint density at radius 3 is 2.89 bits per heavy atom. The van der Waals surface area contributed by atoms with E-state index >= 15 is 0 Å². The zero-order valence-corrected chi connectivity index (χ0v) is 11.8. The van der Waals surface area contributed by atoms with Crippen LogP contribution < -0.4 is 5.32 Å². The van der Waals surface area contributed by atoms with Gasteiger partial charge < -0.3 is 15.2 Å². The van der Waals surface area contributed by atoms with Gasteiger partial charge in [0.15, 0.2) is 9.84 Å². The van der Waals surface area contributed by atoms with Crippen molar-refractivity contribution in [3.05, 3.63) is 17.7 Å². The molecule has 1 aromatic rings. The van der Waals surface area contributed by atoms with Gasteiger partial charge in [-0.25, -0.2) is 18.2 Å². The molecule has 0 aliphatic carbocycles. The van der Waals surface area contributed by atoms with Gasteiger partial charge in [-0.05, 0) is 13.3 Å². The van der Waals surface area contributed by atoms with Crippen molar-refractivity contribution in [2.24, 2.45) is 0 Å². The molecule has 0 saturated carbocycles. The van der Waals surface area contributed by atoms with E-state index in [-0.39, 0.29) is 23.6 Å². The van der Waals surface area contributed by atoms with Gasteiger partial charge in [0.25, 0.3) is 0 Å². The summed E-state index contributed by atoms with van der Waals surface area (Å²) in [6, 6.07) is -0.514. The van der Waals surface area contributed by atoms with E-state index in [4.69, 9.17) is 0 Å². The Hall–Kier alpha value is -1.57. The molecule has 19 heavy (non-hydrogen) atoms. The molecule has 1 aromatic heterocycles. The smallest absolute Gasteiger partial charge is 0.317 e.